The number of rotatable bonds is 3. The Bertz CT molecular complexity index is 2630. The van der Waals surface area contributed by atoms with Crippen LogP contribution in [0.1, 0.15) is 37.0 Å². The van der Waals surface area contributed by atoms with Gasteiger partial charge in [0.05, 0.1) is 11.3 Å². The molecule has 0 N–H and O–H groups in total. The van der Waals surface area contributed by atoms with E-state index < -0.39 is 0 Å². The summed E-state index contributed by atoms with van der Waals surface area (Å²) in [6, 6.07) is 34.8. The van der Waals surface area contributed by atoms with Gasteiger partial charge in [0.25, 0.3) is 0 Å². The molecule has 0 saturated carbocycles. The van der Waals surface area contributed by atoms with Crippen LogP contribution >= 0.6 is 0 Å². The van der Waals surface area contributed by atoms with Gasteiger partial charge in [0, 0.05) is 47.3 Å². The average molecular weight is 806 g/mol. The number of hydrogen-bond donors (Lipinski definition) is 0. The minimum absolute atomic E-state index is 0. The Labute approximate surface area is 294 Å². The van der Waals surface area contributed by atoms with Crippen molar-refractivity contribution in [1.29, 1.82) is 0 Å². The maximum atomic E-state index is 6.40. The van der Waals surface area contributed by atoms with Crippen molar-refractivity contribution in [3.63, 3.8) is 0 Å². The van der Waals surface area contributed by atoms with Gasteiger partial charge in [0.2, 0.25) is 0 Å². The Balaban J connectivity index is 0.000000880. The van der Waals surface area contributed by atoms with Gasteiger partial charge in [-0.1, -0.05) is 114 Å². The van der Waals surface area contributed by atoms with E-state index in [9.17, 15) is 0 Å². The van der Waals surface area contributed by atoms with Gasteiger partial charge >= 0.3 is 21.1 Å². The van der Waals surface area contributed by atoms with E-state index in [2.05, 4.69) is 127 Å². The number of ether oxygens (including phenoxy) is 1. The molecule has 0 amide bonds. The van der Waals surface area contributed by atoms with Crippen LogP contribution in [0.15, 0.2) is 104 Å². The van der Waals surface area contributed by atoms with Gasteiger partial charge in [-0.3, -0.25) is 9.97 Å². The summed E-state index contributed by atoms with van der Waals surface area (Å²) in [6.07, 6.45) is 8.93. The van der Waals surface area contributed by atoms with Crippen LogP contribution in [0.25, 0.3) is 65.8 Å². The third-order valence-corrected chi connectivity index (χ3v) is 8.75. The van der Waals surface area contributed by atoms with Gasteiger partial charge in [-0.05, 0) is 65.9 Å². The molecular weight excluding hydrogens is 772 g/mol. The number of nitrogens with zero attached hydrogens (tertiary/aromatic N) is 4. The number of imidazole rings is 2. The van der Waals surface area contributed by atoms with E-state index in [1.807, 2.05) is 36.9 Å². The van der Waals surface area contributed by atoms with Crippen molar-refractivity contribution in [1.82, 2.24) is 18.8 Å². The molecule has 0 atom stereocenters. The molecular formula is C42H34N4OPt. The molecule has 0 aliphatic heterocycles. The Hall–Kier alpha value is -4.99. The number of benzene rings is 5. The molecule has 4 aromatic heterocycles. The van der Waals surface area contributed by atoms with Crippen molar-refractivity contribution in [2.45, 2.75) is 41.0 Å². The second kappa shape index (κ2) is 12.6. The first kappa shape index (κ1) is 31.6. The smallest absolute Gasteiger partial charge is 0.497 e. The molecule has 0 aliphatic carbocycles. The van der Waals surface area contributed by atoms with Gasteiger partial charge in [0.15, 0.2) is 0 Å². The predicted octanol–water partition coefficient (Wildman–Crippen LogP) is 11.0. The topological polar surface area (TPSA) is 43.8 Å². The monoisotopic (exact) mass is 805 g/mol. The molecule has 0 unspecified atom stereocenters. The van der Waals surface area contributed by atoms with E-state index in [0.29, 0.717) is 11.5 Å². The Morgan fingerprint density at radius 2 is 1.15 bits per heavy atom. The van der Waals surface area contributed by atoms with Crippen molar-refractivity contribution in [2.75, 3.05) is 0 Å². The fraction of sp³-hybridized carbons (Fsp3) is 0.143. The zero-order valence-electron chi connectivity index (χ0n) is 27.5. The molecule has 0 bridgehead atoms. The SMILES string of the molecule is CCC.Cc1cc(C)c(-c2ccc3c4ccc(Oc5[c-]c6c(cc5)c5ccccc5n5ccnc65)[c-]c4c4nccn4c3c2)c(C)c1.[Pt+2]. The van der Waals surface area contributed by atoms with E-state index in [4.69, 9.17) is 9.72 Å². The molecule has 5 nitrogen and oxygen atoms in total. The molecule has 0 fully saturated rings. The molecule has 9 rings (SSSR count). The zero-order chi connectivity index (χ0) is 32.2. The summed E-state index contributed by atoms with van der Waals surface area (Å²) >= 11 is 0. The van der Waals surface area contributed by atoms with E-state index in [-0.39, 0.29) is 21.1 Å². The molecule has 6 heteroatoms. The van der Waals surface area contributed by atoms with Crippen molar-refractivity contribution in [3.05, 3.63) is 132 Å². The first-order chi connectivity index (χ1) is 22.9. The first-order valence-corrected chi connectivity index (χ1v) is 16.2. The van der Waals surface area contributed by atoms with E-state index in [1.54, 1.807) is 0 Å². The number of pyridine rings is 2. The number of aryl methyl sites for hydroxylation is 3. The largest absolute Gasteiger partial charge is 2.00 e. The van der Waals surface area contributed by atoms with Gasteiger partial charge in [0.1, 0.15) is 0 Å². The van der Waals surface area contributed by atoms with E-state index >= 15 is 0 Å². The summed E-state index contributed by atoms with van der Waals surface area (Å²) in [7, 11) is 0. The first-order valence-electron chi connectivity index (χ1n) is 16.2. The predicted molar refractivity (Wildman–Crippen MR) is 194 cm³/mol. The Morgan fingerprint density at radius 3 is 1.75 bits per heavy atom. The van der Waals surface area contributed by atoms with Crippen LogP contribution in [0, 0.1) is 32.9 Å². The summed E-state index contributed by atoms with van der Waals surface area (Å²) in [5.41, 5.74) is 10.3. The third-order valence-electron chi connectivity index (χ3n) is 8.75. The molecule has 9 aromatic rings. The molecule has 0 spiro atoms. The van der Waals surface area contributed by atoms with Crippen LogP contribution < -0.4 is 4.74 Å². The molecule has 0 saturated heterocycles. The van der Waals surface area contributed by atoms with E-state index in [1.165, 1.54) is 34.2 Å². The van der Waals surface area contributed by atoms with Gasteiger partial charge in [-0.25, -0.2) is 0 Å². The summed E-state index contributed by atoms with van der Waals surface area (Å²) < 4.78 is 10.7. The fourth-order valence-electron chi connectivity index (χ4n) is 7.01. The fourth-order valence-corrected chi connectivity index (χ4v) is 7.01. The third kappa shape index (κ3) is 5.14. The number of fused-ring (bicyclic) bond motifs is 12. The van der Waals surface area contributed by atoms with Crippen LogP contribution in [0.3, 0.4) is 0 Å². The second-order valence-corrected chi connectivity index (χ2v) is 12.3. The van der Waals surface area contributed by atoms with Crippen LogP contribution in [0.4, 0.5) is 0 Å². The van der Waals surface area contributed by atoms with Crippen molar-refractivity contribution >= 4 is 54.6 Å². The normalized spacial score (nSPS) is 11.4. The number of hydrogen-bond acceptors (Lipinski definition) is 3. The zero-order valence-corrected chi connectivity index (χ0v) is 29.8. The van der Waals surface area contributed by atoms with Crippen LogP contribution in [0.5, 0.6) is 11.5 Å². The molecule has 5 aromatic carbocycles. The van der Waals surface area contributed by atoms with Crippen LogP contribution in [-0.2, 0) is 21.1 Å². The Morgan fingerprint density at radius 1 is 0.625 bits per heavy atom. The maximum Gasteiger partial charge on any atom is 2.00 e. The van der Waals surface area contributed by atoms with Crippen molar-refractivity contribution < 1.29 is 25.8 Å². The van der Waals surface area contributed by atoms with Gasteiger partial charge in [-0.15, -0.1) is 12.1 Å². The summed E-state index contributed by atoms with van der Waals surface area (Å²) in [5, 5.41) is 6.31. The number of aromatic nitrogens is 4. The molecule has 4 heterocycles. The minimum Gasteiger partial charge on any atom is -0.497 e. The molecule has 0 radical (unpaired) electrons. The summed E-state index contributed by atoms with van der Waals surface area (Å²) in [6.45, 7) is 10.8. The molecule has 238 valence electrons. The van der Waals surface area contributed by atoms with Gasteiger partial charge < -0.3 is 13.5 Å². The van der Waals surface area contributed by atoms with Crippen molar-refractivity contribution in [2.24, 2.45) is 0 Å². The molecule has 48 heavy (non-hydrogen) atoms. The van der Waals surface area contributed by atoms with Crippen LogP contribution in [-0.4, -0.2) is 18.8 Å². The Kier molecular flexibility index (Phi) is 8.27. The van der Waals surface area contributed by atoms with Gasteiger partial charge in [-0.2, -0.15) is 0 Å². The second-order valence-electron chi connectivity index (χ2n) is 12.3. The number of para-hydroxylation sites is 1. The summed E-state index contributed by atoms with van der Waals surface area (Å²) in [5.74, 6) is 1.22. The maximum absolute atomic E-state index is 6.40. The minimum atomic E-state index is 0. The summed E-state index contributed by atoms with van der Waals surface area (Å²) in [4.78, 5) is 9.39. The molecule has 0 aliphatic rings. The quantitative estimate of drug-likeness (QED) is 0.132. The average Bonchev–Trinajstić information content (AvgIpc) is 3.76. The van der Waals surface area contributed by atoms with Crippen molar-refractivity contribution in [3.8, 4) is 22.6 Å². The standard InChI is InChI=1S/C39H26N4O.C3H8.Pt/c1-23-18-24(2)37(25(3)19-23)26-8-11-32-30-13-10-28(22-34(30)39-41-15-17-43(39)36(32)20-26)44-27-9-12-29-31-6-4-5-7-35(31)42-16-14-40-38(42)33(29)21-27;1-3-2;/h4-20H,1-3H3;3H2,1-2H3;/q-2;;+2. The van der Waals surface area contributed by atoms with E-state index in [0.717, 1.165) is 54.6 Å². The van der Waals surface area contributed by atoms with Crippen LogP contribution in [0.2, 0.25) is 0 Å².